The summed E-state index contributed by atoms with van der Waals surface area (Å²) in [5.41, 5.74) is 1.83. The number of alkyl halides is 2. The first kappa shape index (κ1) is 21.7. The number of carbonyl (C=O) groups is 2. The van der Waals surface area contributed by atoms with Crippen molar-refractivity contribution in [3.05, 3.63) is 59.2 Å². The zero-order valence-corrected chi connectivity index (χ0v) is 16.9. The Kier molecular flexibility index (Phi) is 6.99. The summed E-state index contributed by atoms with van der Waals surface area (Å²) in [5.74, 6) is -0.212. The summed E-state index contributed by atoms with van der Waals surface area (Å²) in [7, 11) is 3.35. The van der Waals surface area contributed by atoms with E-state index in [0.717, 1.165) is 18.5 Å². The van der Waals surface area contributed by atoms with Crippen LogP contribution in [-0.2, 0) is 6.54 Å². The molecule has 0 aromatic heterocycles. The second-order valence-corrected chi connectivity index (χ2v) is 7.12. The first-order valence-electron chi connectivity index (χ1n) is 9.66. The van der Waals surface area contributed by atoms with Gasteiger partial charge in [-0.15, -0.1) is 0 Å². The second-order valence-electron chi connectivity index (χ2n) is 7.12. The van der Waals surface area contributed by atoms with Gasteiger partial charge < -0.3 is 14.4 Å². The van der Waals surface area contributed by atoms with Crippen molar-refractivity contribution in [2.24, 2.45) is 0 Å². The molecule has 30 heavy (non-hydrogen) atoms. The number of carbonyl (C=O) groups excluding carboxylic acids is 2. The zero-order chi connectivity index (χ0) is 21.7. The molecule has 0 unspecified atom stereocenters. The molecule has 0 atom stereocenters. The average molecular weight is 418 g/mol. The lowest BCUT2D eigenvalue weighted by molar-refractivity contribution is -0.0512. The van der Waals surface area contributed by atoms with Gasteiger partial charge in [0.2, 0.25) is 0 Å². The first-order valence-corrected chi connectivity index (χ1v) is 9.66. The molecule has 1 aliphatic rings. The predicted molar refractivity (Wildman–Crippen MR) is 107 cm³/mol. The largest absolute Gasteiger partial charge is 0.493 e. The van der Waals surface area contributed by atoms with E-state index in [2.05, 4.69) is 9.64 Å². The van der Waals surface area contributed by atoms with Crippen molar-refractivity contribution in [2.45, 2.75) is 26.0 Å². The number of ether oxygens (including phenoxy) is 2. The smallest absolute Gasteiger partial charge is 0.387 e. The topological polar surface area (TPSA) is 59.1 Å². The number of nitrogens with zero attached hydrogens (tertiary/aromatic N) is 2. The minimum absolute atomic E-state index is 0.000142. The van der Waals surface area contributed by atoms with Gasteiger partial charge in [0.05, 0.1) is 18.2 Å². The van der Waals surface area contributed by atoms with E-state index in [9.17, 15) is 18.4 Å². The maximum Gasteiger partial charge on any atom is 0.387 e. The van der Waals surface area contributed by atoms with Crippen LogP contribution in [-0.4, -0.2) is 55.5 Å². The van der Waals surface area contributed by atoms with Crippen molar-refractivity contribution < 1.29 is 27.8 Å². The van der Waals surface area contributed by atoms with Gasteiger partial charge in [0, 0.05) is 13.1 Å². The minimum atomic E-state index is -2.91. The summed E-state index contributed by atoms with van der Waals surface area (Å²) in [6.45, 7) is -1.18. The molecule has 0 aliphatic carbocycles. The van der Waals surface area contributed by atoms with Gasteiger partial charge in [-0.1, -0.05) is 18.2 Å². The fraction of sp³-hybridized carbons (Fsp3) is 0.364. The molecule has 0 saturated carbocycles. The van der Waals surface area contributed by atoms with Crippen LogP contribution in [0.2, 0.25) is 0 Å². The van der Waals surface area contributed by atoms with Gasteiger partial charge in [-0.2, -0.15) is 8.78 Å². The Morgan fingerprint density at radius 3 is 2.27 bits per heavy atom. The molecule has 0 N–H and O–H groups in total. The summed E-state index contributed by atoms with van der Waals surface area (Å²) in [4.78, 5) is 28.1. The van der Waals surface area contributed by atoms with E-state index in [0.29, 0.717) is 30.6 Å². The molecule has 8 heteroatoms. The molecule has 0 spiro atoms. The Balaban J connectivity index is 1.46. The van der Waals surface area contributed by atoms with Crippen molar-refractivity contribution in [1.29, 1.82) is 0 Å². The van der Waals surface area contributed by atoms with Crippen LogP contribution in [0.3, 0.4) is 0 Å². The molecule has 2 aromatic rings. The van der Waals surface area contributed by atoms with Crippen molar-refractivity contribution in [3.63, 3.8) is 0 Å². The lowest BCUT2D eigenvalue weighted by Crippen LogP contribution is -2.31. The molecule has 0 radical (unpaired) electrons. The van der Waals surface area contributed by atoms with Crippen molar-refractivity contribution in [2.75, 3.05) is 27.2 Å². The number of rotatable bonds is 10. The molecular weight excluding hydrogens is 394 g/mol. The molecule has 3 rings (SSSR count). The number of benzene rings is 2. The second kappa shape index (κ2) is 9.67. The highest BCUT2D eigenvalue weighted by Crippen LogP contribution is 2.30. The number of methoxy groups -OCH3 is 1. The molecular formula is C22H24F2N2O4. The molecule has 0 fully saturated rings. The molecule has 0 saturated heterocycles. The van der Waals surface area contributed by atoms with Gasteiger partial charge in [0.15, 0.2) is 11.5 Å². The summed E-state index contributed by atoms with van der Waals surface area (Å²) < 4.78 is 34.4. The third kappa shape index (κ3) is 4.94. The predicted octanol–water partition coefficient (Wildman–Crippen LogP) is 3.80. The van der Waals surface area contributed by atoms with E-state index in [4.69, 9.17) is 4.74 Å². The van der Waals surface area contributed by atoms with Crippen LogP contribution < -0.4 is 9.47 Å². The quantitative estimate of drug-likeness (QED) is 0.434. The maximum atomic E-state index is 12.4. The third-order valence-electron chi connectivity index (χ3n) is 4.95. The molecule has 160 valence electrons. The Labute approximate surface area is 174 Å². The lowest BCUT2D eigenvalue weighted by atomic mass is 10.1. The Bertz CT molecular complexity index is 885. The highest BCUT2D eigenvalue weighted by molar-refractivity contribution is 6.21. The molecule has 2 aromatic carbocycles. The fourth-order valence-corrected chi connectivity index (χ4v) is 3.49. The van der Waals surface area contributed by atoms with Crippen LogP contribution in [0.25, 0.3) is 0 Å². The molecule has 0 bridgehead atoms. The molecule has 2 amide bonds. The number of unbranched alkanes of at least 4 members (excludes halogenated alkanes) is 1. The van der Waals surface area contributed by atoms with Crippen LogP contribution in [0.4, 0.5) is 8.78 Å². The third-order valence-corrected chi connectivity index (χ3v) is 4.95. The summed E-state index contributed by atoms with van der Waals surface area (Å²) >= 11 is 0. The Morgan fingerprint density at radius 2 is 1.67 bits per heavy atom. The van der Waals surface area contributed by atoms with E-state index in [1.54, 1.807) is 36.4 Å². The first-order chi connectivity index (χ1) is 14.4. The molecule has 1 heterocycles. The van der Waals surface area contributed by atoms with E-state index < -0.39 is 6.61 Å². The van der Waals surface area contributed by atoms with E-state index in [1.807, 2.05) is 7.05 Å². The Hall–Kier alpha value is -3.00. The molecule has 1 aliphatic heterocycles. The fourth-order valence-electron chi connectivity index (χ4n) is 3.49. The standard InChI is InChI=1S/C22H24F2N2O4/c1-25(14-15-9-10-18(30-22(23)24)19(13-15)29-2)11-5-6-12-26-20(27)16-7-3-4-8-17(16)21(26)28/h3-4,7-10,13,22H,5-6,11-12,14H2,1-2H3. The number of hydrogen-bond donors (Lipinski definition) is 0. The summed E-state index contributed by atoms with van der Waals surface area (Å²) in [5, 5.41) is 0. The van der Waals surface area contributed by atoms with E-state index in [-0.39, 0.29) is 23.3 Å². The number of fused-ring (bicyclic) bond motifs is 1. The van der Waals surface area contributed by atoms with Crippen LogP contribution in [0, 0.1) is 0 Å². The van der Waals surface area contributed by atoms with Crippen LogP contribution >= 0.6 is 0 Å². The zero-order valence-electron chi connectivity index (χ0n) is 16.9. The molecule has 6 nitrogen and oxygen atoms in total. The van der Waals surface area contributed by atoms with Gasteiger partial charge in [0.1, 0.15) is 0 Å². The SMILES string of the molecule is COc1cc(CN(C)CCCCN2C(=O)c3ccccc3C2=O)ccc1OC(F)F. The highest BCUT2D eigenvalue weighted by Gasteiger charge is 2.34. The number of hydrogen-bond acceptors (Lipinski definition) is 5. The van der Waals surface area contributed by atoms with E-state index >= 15 is 0 Å². The van der Waals surface area contributed by atoms with E-state index in [1.165, 1.54) is 18.1 Å². The average Bonchev–Trinajstić information content (AvgIpc) is 2.96. The number of imide groups is 1. The van der Waals surface area contributed by atoms with Crippen molar-refractivity contribution >= 4 is 11.8 Å². The minimum Gasteiger partial charge on any atom is -0.493 e. The van der Waals surface area contributed by atoms with Gasteiger partial charge in [-0.3, -0.25) is 14.5 Å². The van der Waals surface area contributed by atoms with Gasteiger partial charge in [-0.25, -0.2) is 0 Å². The lowest BCUT2D eigenvalue weighted by Gasteiger charge is -2.19. The number of halogens is 2. The normalized spacial score (nSPS) is 13.3. The van der Waals surface area contributed by atoms with Gasteiger partial charge in [0.25, 0.3) is 11.8 Å². The van der Waals surface area contributed by atoms with Crippen molar-refractivity contribution in [3.8, 4) is 11.5 Å². The number of amides is 2. The van der Waals surface area contributed by atoms with Crippen LogP contribution in [0.15, 0.2) is 42.5 Å². The van der Waals surface area contributed by atoms with Gasteiger partial charge in [-0.05, 0) is 56.3 Å². The van der Waals surface area contributed by atoms with Crippen molar-refractivity contribution in [1.82, 2.24) is 9.80 Å². The summed E-state index contributed by atoms with van der Waals surface area (Å²) in [6.07, 6.45) is 1.49. The summed E-state index contributed by atoms with van der Waals surface area (Å²) in [6, 6.07) is 11.7. The Morgan fingerprint density at radius 1 is 1.00 bits per heavy atom. The highest BCUT2D eigenvalue weighted by atomic mass is 19.3. The van der Waals surface area contributed by atoms with Crippen LogP contribution in [0.1, 0.15) is 39.1 Å². The monoisotopic (exact) mass is 418 g/mol. The van der Waals surface area contributed by atoms with Gasteiger partial charge >= 0.3 is 6.61 Å². The van der Waals surface area contributed by atoms with Crippen LogP contribution in [0.5, 0.6) is 11.5 Å². The maximum absolute atomic E-state index is 12.4.